The molecule has 1 aromatic carbocycles. The summed E-state index contributed by atoms with van der Waals surface area (Å²) in [6.45, 7) is 5.83. The van der Waals surface area contributed by atoms with Gasteiger partial charge in [-0.3, -0.25) is 4.98 Å². The van der Waals surface area contributed by atoms with Crippen molar-refractivity contribution in [2.75, 3.05) is 18.0 Å². The Hall–Kier alpha value is -2.12. The highest BCUT2D eigenvalue weighted by Gasteiger charge is 2.39. The average Bonchev–Trinajstić information content (AvgIpc) is 2.53. The highest BCUT2D eigenvalue weighted by Crippen LogP contribution is 2.40. The number of nitriles is 1. The summed E-state index contributed by atoms with van der Waals surface area (Å²) in [7, 11) is 0. The zero-order chi connectivity index (χ0) is 16.8. The summed E-state index contributed by atoms with van der Waals surface area (Å²) in [5.74, 6) is 0.635. The molecule has 1 N–H and O–H groups in total. The van der Waals surface area contributed by atoms with Gasteiger partial charge in [-0.25, -0.2) is 0 Å². The van der Waals surface area contributed by atoms with Crippen molar-refractivity contribution in [1.29, 1.82) is 5.26 Å². The fourth-order valence-corrected chi connectivity index (χ4v) is 4.66. The fourth-order valence-electron chi connectivity index (χ4n) is 4.66. The Balaban J connectivity index is 1.88. The minimum Gasteiger partial charge on any atom is -0.392 e. The Labute approximate surface area is 142 Å². The molecule has 124 valence electrons. The van der Waals surface area contributed by atoms with Crippen molar-refractivity contribution in [3.05, 3.63) is 35.0 Å². The maximum absolute atomic E-state index is 10.5. The van der Waals surface area contributed by atoms with Crippen LogP contribution in [0, 0.1) is 37.0 Å². The van der Waals surface area contributed by atoms with Crippen LogP contribution in [-0.2, 0) is 0 Å². The Morgan fingerprint density at radius 2 is 1.92 bits per heavy atom. The van der Waals surface area contributed by atoms with Crippen LogP contribution in [0.15, 0.2) is 18.3 Å². The molecule has 2 bridgehead atoms. The van der Waals surface area contributed by atoms with Crippen LogP contribution < -0.4 is 4.90 Å². The first-order valence-corrected chi connectivity index (χ1v) is 8.81. The maximum Gasteiger partial charge on any atom is 0.103 e. The highest BCUT2D eigenvalue weighted by molar-refractivity contribution is 5.96. The average molecular weight is 321 g/mol. The lowest BCUT2D eigenvalue weighted by Gasteiger charge is -2.46. The summed E-state index contributed by atoms with van der Waals surface area (Å²) in [5, 5.41) is 21.2. The molecule has 24 heavy (non-hydrogen) atoms. The van der Waals surface area contributed by atoms with Gasteiger partial charge in [-0.15, -0.1) is 0 Å². The summed E-state index contributed by atoms with van der Waals surface area (Å²) < 4.78 is 0. The lowest BCUT2D eigenvalue weighted by atomic mass is 9.75. The Kier molecular flexibility index (Phi) is 3.69. The van der Waals surface area contributed by atoms with E-state index < -0.39 is 0 Å². The van der Waals surface area contributed by atoms with Crippen LogP contribution in [-0.4, -0.2) is 29.3 Å². The molecule has 0 spiro atoms. The molecular formula is C20H23N3O. The van der Waals surface area contributed by atoms with Gasteiger partial charge in [0.2, 0.25) is 0 Å². The van der Waals surface area contributed by atoms with Crippen molar-refractivity contribution in [2.45, 2.75) is 39.2 Å². The first-order chi connectivity index (χ1) is 11.6. The van der Waals surface area contributed by atoms with Crippen molar-refractivity contribution >= 4 is 16.6 Å². The number of hydrogen-bond acceptors (Lipinski definition) is 4. The lowest BCUT2D eigenvalue weighted by Crippen LogP contribution is -2.51. The highest BCUT2D eigenvalue weighted by atomic mass is 16.3. The number of nitrogens with zero attached hydrogens (tertiary/aromatic N) is 3. The third-order valence-electron chi connectivity index (χ3n) is 5.74. The lowest BCUT2D eigenvalue weighted by molar-refractivity contribution is 0.00604. The van der Waals surface area contributed by atoms with Gasteiger partial charge in [0.05, 0.1) is 22.9 Å². The van der Waals surface area contributed by atoms with Gasteiger partial charge in [-0.2, -0.15) is 5.26 Å². The molecular weight excluding hydrogens is 298 g/mol. The van der Waals surface area contributed by atoms with Crippen molar-refractivity contribution in [1.82, 2.24) is 4.98 Å². The van der Waals surface area contributed by atoms with E-state index in [2.05, 4.69) is 41.9 Å². The van der Waals surface area contributed by atoms with Crippen molar-refractivity contribution in [2.24, 2.45) is 11.8 Å². The van der Waals surface area contributed by atoms with Crippen LogP contribution in [0.25, 0.3) is 10.9 Å². The molecule has 0 amide bonds. The number of aryl methyl sites for hydroxylation is 2. The first kappa shape index (κ1) is 15.4. The fraction of sp³-hybridized carbons (Fsp3) is 0.500. The number of fused-ring (bicyclic) bond motifs is 3. The molecule has 2 fully saturated rings. The predicted octanol–water partition coefficient (Wildman–Crippen LogP) is 3.32. The third kappa shape index (κ3) is 2.35. The molecule has 2 unspecified atom stereocenters. The number of piperidine rings is 1. The van der Waals surface area contributed by atoms with E-state index in [-0.39, 0.29) is 6.10 Å². The maximum atomic E-state index is 10.5. The van der Waals surface area contributed by atoms with E-state index in [1.807, 2.05) is 0 Å². The number of pyridine rings is 1. The van der Waals surface area contributed by atoms with E-state index in [9.17, 15) is 10.4 Å². The third-order valence-corrected chi connectivity index (χ3v) is 5.74. The first-order valence-electron chi connectivity index (χ1n) is 8.81. The van der Waals surface area contributed by atoms with Gasteiger partial charge in [0, 0.05) is 36.5 Å². The molecule has 1 saturated carbocycles. The topological polar surface area (TPSA) is 60.2 Å². The zero-order valence-corrected chi connectivity index (χ0v) is 14.3. The molecule has 4 heteroatoms. The summed E-state index contributed by atoms with van der Waals surface area (Å²) in [6, 6.07) is 6.62. The number of hydrogen-bond donors (Lipinski definition) is 1. The Bertz CT molecular complexity index is 825. The molecule has 2 aromatic rings. The molecule has 4 rings (SSSR count). The molecule has 4 nitrogen and oxygen atoms in total. The van der Waals surface area contributed by atoms with E-state index in [0.29, 0.717) is 17.4 Å². The number of benzene rings is 1. The second-order valence-corrected chi connectivity index (χ2v) is 7.46. The van der Waals surface area contributed by atoms with Crippen molar-refractivity contribution < 1.29 is 5.11 Å². The predicted molar refractivity (Wildman–Crippen MR) is 95.0 cm³/mol. The Morgan fingerprint density at radius 1 is 1.21 bits per heavy atom. The second kappa shape index (κ2) is 5.75. The van der Waals surface area contributed by atoms with Gasteiger partial charge < -0.3 is 10.0 Å². The number of anilines is 1. The standard InChI is InChI=1S/C20H23N3O/c1-12-6-13(2)18-17(7-12)19(16(8-21)9-22-18)23-10-14-4-3-5-15(11-23)20(14)24/h6-7,9,14-15,20,24H,3-5,10-11H2,1-2H3. The van der Waals surface area contributed by atoms with Crippen molar-refractivity contribution in [3.63, 3.8) is 0 Å². The number of aromatic nitrogens is 1. The molecule has 1 aliphatic heterocycles. The molecule has 2 atom stereocenters. The van der Waals surface area contributed by atoms with E-state index in [1.54, 1.807) is 6.20 Å². The van der Waals surface area contributed by atoms with Crippen LogP contribution in [0.4, 0.5) is 5.69 Å². The second-order valence-electron chi connectivity index (χ2n) is 7.46. The number of rotatable bonds is 1. The van der Waals surface area contributed by atoms with E-state index >= 15 is 0 Å². The minimum absolute atomic E-state index is 0.183. The van der Waals surface area contributed by atoms with E-state index in [0.717, 1.165) is 48.1 Å². The monoisotopic (exact) mass is 321 g/mol. The molecule has 1 aliphatic carbocycles. The summed E-state index contributed by atoms with van der Waals surface area (Å²) >= 11 is 0. The van der Waals surface area contributed by atoms with Crippen LogP contribution in [0.2, 0.25) is 0 Å². The van der Waals surface area contributed by atoms with Gasteiger partial charge >= 0.3 is 0 Å². The Morgan fingerprint density at radius 3 is 2.58 bits per heavy atom. The van der Waals surface area contributed by atoms with Crippen LogP contribution in [0.3, 0.4) is 0 Å². The van der Waals surface area contributed by atoms with E-state index in [4.69, 9.17) is 0 Å². The summed E-state index contributed by atoms with van der Waals surface area (Å²) in [4.78, 5) is 6.87. The van der Waals surface area contributed by atoms with Crippen LogP contribution in [0.5, 0.6) is 0 Å². The summed E-state index contributed by atoms with van der Waals surface area (Å²) in [6.07, 6.45) is 4.90. The molecule has 2 aliphatic rings. The molecule has 1 aromatic heterocycles. The molecule has 2 heterocycles. The van der Waals surface area contributed by atoms with Crippen molar-refractivity contribution in [3.8, 4) is 6.07 Å². The summed E-state index contributed by atoms with van der Waals surface area (Å²) in [5.41, 5.74) is 4.97. The van der Waals surface area contributed by atoms with Gasteiger partial charge in [0.15, 0.2) is 0 Å². The van der Waals surface area contributed by atoms with E-state index in [1.165, 1.54) is 12.0 Å². The van der Waals surface area contributed by atoms with Crippen LogP contribution >= 0.6 is 0 Å². The van der Waals surface area contributed by atoms with Gasteiger partial charge in [-0.05, 0) is 38.3 Å². The SMILES string of the molecule is Cc1cc(C)c2ncc(C#N)c(N3CC4CCCC(C3)C4O)c2c1. The molecule has 1 saturated heterocycles. The zero-order valence-electron chi connectivity index (χ0n) is 14.3. The quantitative estimate of drug-likeness (QED) is 0.875. The normalized spacial score (nSPS) is 26.4. The van der Waals surface area contributed by atoms with Gasteiger partial charge in [0.1, 0.15) is 6.07 Å². The number of aliphatic hydroxyl groups excluding tert-OH is 1. The molecule has 0 radical (unpaired) electrons. The van der Waals surface area contributed by atoms with Gasteiger partial charge in [0.25, 0.3) is 0 Å². The van der Waals surface area contributed by atoms with Gasteiger partial charge in [-0.1, -0.05) is 18.1 Å². The number of aliphatic hydroxyl groups is 1. The smallest absolute Gasteiger partial charge is 0.103 e. The van der Waals surface area contributed by atoms with Crippen LogP contribution in [0.1, 0.15) is 36.0 Å². The minimum atomic E-state index is -0.183. The largest absolute Gasteiger partial charge is 0.392 e.